The monoisotopic (exact) mass is 356 g/mol. The van der Waals surface area contributed by atoms with Crippen LogP contribution in [-0.2, 0) is 5.41 Å². The van der Waals surface area contributed by atoms with E-state index in [-0.39, 0.29) is 11.3 Å². The van der Waals surface area contributed by atoms with E-state index >= 15 is 0 Å². The van der Waals surface area contributed by atoms with Gasteiger partial charge in [0.2, 0.25) is 0 Å². The van der Waals surface area contributed by atoms with Gasteiger partial charge in [0.1, 0.15) is 12.0 Å². The zero-order valence-corrected chi connectivity index (χ0v) is 15.3. The van der Waals surface area contributed by atoms with Crippen LogP contribution < -0.4 is 15.0 Å². The topological polar surface area (TPSA) is 95.9 Å². The third kappa shape index (κ3) is 3.15. The first-order chi connectivity index (χ1) is 12.3. The molecule has 1 aromatic carbocycles. The van der Waals surface area contributed by atoms with E-state index in [0.29, 0.717) is 17.2 Å². The summed E-state index contributed by atoms with van der Waals surface area (Å²) < 4.78 is 13.1. The van der Waals surface area contributed by atoms with Crippen molar-refractivity contribution in [3.63, 3.8) is 0 Å². The maximum Gasteiger partial charge on any atom is 0.298 e. The minimum absolute atomic E-state index is 0.236. The number of benzene rings is 1. The van der Waals surface area contributed by atoms with Crippen LogP contribution in [0.4, 0.5) is 0 Å². The maximum atomic E-state index is 12.8. The normalized spacial score (nSPS) is 12.0. The number of fused-ring (bicyclic) bond motifs is 1. The number of rotatable bonds is 4. The fraction of sp³-hybridized carbons (Fsp3) is 0.353. The van der Waals surface area contributed by atoms with E-state index in [1.165, 1.54) is 15.5 Å². The van der Waals surface area contributed by atoms with Crippen molar-refractivity contribution in [2.24, 2.45) is 5.10 Å². The summed E-state index contributed by atoms with van der Waals surface area (Å²) >= 11 is 0. The summed E-state index contributed by atoms with van der Waals surface area (Å²) in [5.41, 5.74) is 0.321. The summed E-state index contributed by atoms with van der Waals surface area (Å²) in [4.78, 5) is 12.8. The van der Waals surface area contributed by atoms with Crippen molar-refractivity contribution in [3.05, 3.63) is 46.1 Å². The van der Waals surface area contributed by atoms with E-state index in [4.69, 9.17) is 9.47 Å². The molecule has 2 aromatic heterocycles. The highest BCUT2D eigenvalue weighted by atomic mass is 16.5. The Balaban J connectivity index is 2.11. The molecule has 0 atom stereocenters. The molecule has 0 N–H and O–H groups in total. The predicted octanol–water partition coefficient (Wildman–Crippen LogP) is 1.48. The van der Waals surface area contributed by atoms with Crippen LogP contribution >= 0.6 is 0 Å². The van der Waals surface area contributed by atoms with Gasteiger partial charge in [-0.25, -0.2) is 0 Å². The highest BCUT2D eigenvalue weighted by Crippen LogP contribution is 2.26. The van der Waals surface area contributed by atoms with Crippen molar-refractivity contribution in [1.82, 2.24) is 24.5 Å². The molecule has 0 aliphatic carbocycles. The van der Waals surface area contributed by atoms with E-state index < -0.39 is 5.41 Å². The van der Waals surface area contributed by atoms with Crippen molar-refractivity contribution >= 4 is 12.0 Å². The van der Waals surface area contributed by atoms with Crippen molar-refractivity contribution in [2.45, 2.75) is 26.2 Å². The summed E-state index contributed by atoms with van der Waals surface area (Å²) in [7, 11) is 3.12. The van der Waals surface area contributed by atoms with Gasteiger partial charge in [0.15, 0.2) is 11.5 Å². The Hall–Kier alpha value is -3.23. The summed E-state index contributed by atoms with van der Waals surface area (Å²) in [6.07, 6.45) is 2.98. The fourth-order valence-corrected chi connectivity index (χ4v) is 2.41. The van der Waals surface area contributed by atoms with Gasteiger partial charge in [0, 0.05) is 5.41 Å². The number of methoxy groups -OCH3 is 2. The molecule has 3 rings (SSSR count). The first kappa shape index (κ1) is 17.6. The van der Waals surface area contributed by atoms with Crippen LogP contribution in [0.1, 0.15) is 32.0 Å². The molecular formula is C17H20N6O3. The molecule has 0 bridgehead atoms. The Bertz CT molecular complexity index is 1030. The first-order valence-corrected chi connectivity index (χ1v) is 7.95. The predicted molar refractivity (Wildman–Crippen MR) is 96.3 cm³/mol. The molecule has 0 saturated heterocycles. The van der Waals surface area contributed by atoms with Gasteiger partial charge in [0.05, 0.1) is 20.4 Å². The molecular weight excluding hydrogens is 336 g/mol. The molecule has 0 unspecified atom stereocenters. The SMILES string of the molecule is COc1ccc(/C=N/n2c(=O)c(C(C)(C)C)nn3cnnc23)cc1OC. The molecule has 3 aromatic rings. The summed E-state index contributed by atoms with van der Waals surface area (Å²) in [6.45, 7) is 5.74. The van der Waals surface area contributed by atoms with Crippen molar-refractivity contribution < 1.29 is 9.47 Å². The minimum atomic E-state index is -0.448. The van der Waals surface area contributed by atoms with Crippen LogP contribution in [0.15, 0.2) is 34.4 Å². The van der Waals surface area contributed by atoms with Crippen LogP contribution in [0.2, 0.25) is 0 Å². The maximum absolute atomic E-state index is 12.8. The fourth-order valence-electron chi connectivity index (χ4n) is 2.41. The van der Waals surface area contributed by atoms with Gasteiger partial charge in [-0.3, -0.25) is 4.79 Å². The first-order valence-electron chi connectivity index (χ1n) is 7.95. The van der Waals surface area contributed by atoms with E-state index in [1.807, 2.05) is 26.8 Å². The van der Waals surface area contributed by atoms with Crippen LogP contribution in [0.5, 0.6) is 11.5 Å². The lowest BCUT2D eigenvalue weighted by Gasteiger charge is -2.16. The number of ether oxygens (including phenoxy) is 2. The van der Waals surface area contributed by atoms with E-state index in [9.17, 15) is 4.79 Å². The van der Waals surface area contributed by atoms with E-state index in [1.54, 1.807) is 32.6 Å². The van der Waals surface area contributed by atoms with Gasteiger partial charge >= 0.3 is 0 Å². The molecule has 9 heteroatoms. The van der Waals surface area contributed by atoms with Gasteiger partial charge in [-0.2, -0.15) is 19.4 Å². The third-order valence-electron chi connectivity index (χ3n) is 3.75. The average molecular weight is 356 g/mol. The summed E-state index contributed by atoms with van der Waals surface area (Å²) in [6, 6.07) is 5.34. The van der Waals surface area contributed by atoms with Crippen LogP contribution in [-0.4, -0.2) is 44.9 Å². The third-order valence-corrected chi connectivity index (χ3v) is 3.75. The molecule has 0 aliphatic heterocycles. The average Bonchev–Trinajstić information content (AvgIpc) is 3.07. The highest BCUT2D eigenvalue weighted by molar-refractivity contribution is 5.81. The quantitative estimate of drug-likeness (QED) is 0.657. The van der Waals surface area contributed by atoms with Gasteiger partial charge < -0.3 is 9.47 Å². The Morgan fingerprint density at radius 1 is 1.15 bits per heavy atom. The highest BCUT2D eigenvalue weighted by Gasteiger charge is 2.23. The van der Waals surface area contributed by atoms with Crippen molar-refractivity contribution in [3.8, 4) is 11.5 Å². The lowest BCUT2D eigenvalue weighted by Crippen LogP contribution is -2.33. The van der Waals surface area contributed by atoms with Crippen molar-refractivity contribution in [2.75, 3.05) is 14.2 Å². The standard InChI is InChI=1S/C17H20N6O3/c1-17(2,3)14-15(24)23(16-20-18-10-22(16)21-14)19-9-11-6-7-12(25-4)13(8-11)26-5/h6-10H,1-5H3/b19-9+. The second kappa shape index (κ2) is 6.58. The van der Waals surface area contributed by atoms with Crippen molar-refractivity contribution in [1.29, 1.82) is 0 Å². The van der Waals surface area contributed by atoms with E-state index in [0.717, 1.165) is 5.56 Å². The number of hydrogen-bond donors (Lipinski definition) is 0. The van der Waals surface area contributed by atoms with Gasteiger partial charge in [-0.05, 0) is 23.8 Å². The zero-order chi connectivity index (χ0) is 18.9. The molecule has 136 valence electrons. The molecule has 2 heterocycles. The molecule has 0 radical (unpaired) electrons. The van der Waals surface area contributed by atoms with Crippen LogP contribution in [0.25, 0.3) is 5.78 Å². The molecule has 26 heavy (non-hydrogen) atoms. The van der Waals surface area contributed by atoms with Gasteiger partial charge in [0.25, 0.3) is 11.3 Å². The molecule has 0 fully saturated rings. The van der Waals surface area contributed by atoms with Crippen LogP contribution in [0.3, 0.4) is 0 Å². The summed E-state index contributed by atoms with van der Waals surface area (Å²) in [5, 5.41) is 16.4. The molecule has 0 amide bonds. The Morgan fingerprint density at radius 2 is 1.88 bits per heavy atom. The van der Waals surface area contributed by atoms with Gasteiger partial charge in [-0.1, -0.05) is 20.8 Å². The molecule has 0 spiro atoms. The lowest BCUT2D eigenvalue weighted by atomic mass is 9.93. The number of nitrogens with zero attached hydrogens (tertiary/aromatic N) is 6. The van der Waals surface area contributed by atoms with Gasteiger partial charge in [-0.15, -0.1) is 10.2 Å². The number of aromatic nitrogens is 5. The lowest BCUT2D eigenvalue weighted by molar-refractivity contribution is 0.355. The molecule has 0 aliphatic rings. The van der Waals surface area contributed by atoms with E-state index in [2.05, 4.69) is 20.4 Å². The second-order valence-corrected chi connectivity index (χ2v) is 6.65. The number of hydrogen-bond acceptors (Lipinski definition) is 7. The largest absolute Gasteiger partial charge is 0.493 e. The minimum Gasteiger partial charge on any atom is -0.493 e. The molecule has 9 nitrogen and oxygen atoms in total. The zero-order valence-electron chi connectivity index (χ0n) is 15.3. The Labute approximate surface area is 149 Å². The van der Waals surface area contributed by atoms with Crippen LogP contribution in [0, 0.1) is 0 Å². The molecule has 0 saturated carbocycles. The Morgan fingerprint density at radius 3 is 2.54 bits per heavy atom. The second-order valence-electron chi connectivity index (χ2n) is 6.65. The summed E-state index contributed by atoms with van der Waals surface area (Å²) in [5.74, 6) is 1.42. The smallest absolute Gasteiger partial charge is 0.298 e. The Kier molecular flexibility index (Phi) is 4.45.